The molecule has 2 aliphatic rings. The quantitative estimate of drug-likeness (QED) is 0.189. The second kappa shape index (κ2) is 17.6. The van der Waals surface area contributed by atoms with Crippen molar-refractivity contribution < 1.29 is 37.4 Å². The van der Waals surface area contributed by atoms with Crippen LogP contribution in [0.3, 0.4) is 0 Å². The number of hydrogen-bond donors (Lipinski definition) is 3. The number of benzene rings is 2. The van der Waals surface area contributed by atoms with Gasteiger partial charge in [0.2, 0.25) is 5.91 Å². The van der Waals surface area contributed by atoms with Crippen LogP contribution in [-0.2, 0) is 16.1 Å². The van der Waals surface area contributed by atoms with Crippen LogP contribution in [0.4, 0.5) is 13.2 Å². The minimum atomic E-state index is -5.08. The molecule has 2 amide bonds. The van der Waals surface area contributed by atoms with E-state index >= 15 is 0 Å². The van der Waals surface area contributed by atoms with Crippen LogP contribution >= 0.6 is 33.9 Å². The van der Waals surface area contributed by atoms with Crippen molar-refractivity contribution in [3.8, 4) is 5.75 Å². The van der Waals surface area contributed by atoms with Gasteiger partial charge in [-0.3, -0.25) is 19.4 Å². The van der Waals surface area contributed by atoms with Crippen molar-refractivity contribution >= 4 is 61.8 Å². The Morgan fingerprint density at radius 3 is 2.44 bits per heavy atom. The van der Waals surface area contributed by atoms with Gasteiger partial charge in [0.15, 0.2) is 0 Å². The second-order valence-electron chi connectivity index (χ2n) is 12.5. The minimum absolute atomic E-state index is 0.0680. The first-order valence-corrected chi connectivity index (χ1v) is 17.9. The van der Waals surface area contributed by atoms with E-state index < -0.39 is 18.2 Å². The van der Waals surface area contributed by atoms with Crippen LogP contribution in [-0.4, -0.2) is 90.3 Å². The molecule has 0 unspecified atom stereocenters. The fourth-order valence-electron chi connectivity index (χ4n) is 5.73. The summed E-state index contributed by atoms with van der Waals surface area (Å²) in [6, 6.07) is 15.8. The molecule has 48 heavy (non-hydrogen) atoms. The van der Waals surface area contributed by atoms with Crippen LogP contribution in [0.5, 0.6) is 5.75 Å². The van der Waals surface area contributed by atoms with E-state index in [4.69, 9.17) is 14.6 Å². The number of amides is 2. The first-order chi connectivity index (χ1) is 22.8. The molecule has 0 saturated carbocycles. The van der Waals surface area contributed by atoms with E-state index in [-0.39, 0.29) is 23.8 Å². The van der Waals surface area contributed by atoms with E-state index in [2.05, 4.69) is 75.1 Å². The van der Waals surface area contributed by atoms with E-state index in [1.165, 1.54) is 42.8 Å². The highest BCUT2D eigenvalue weighted by Crippen LogP contribution is 2.26. The average Bonchev–Trinajstić information content (AvgIpc) is 3.79. The summed E-state index contributed by atoms with van der Waals surface area (Å²) in [6.07, 6.45) is -0.996. The zero-order valence-corrected chi connectivity index (χ0v) is 30.0. The van der Waals surface area contributed by atoms with Gasteiger partial charge in [-0.25, -0.2) is 4.79 Å². The van der Waals surface area contributed by atoms with E-state index in [0.717, 1.165) is 52.0 Å². The molecular weight excluding hydrogens is 760 g/mol. The monoisotopic (exact) mass is 802 g/mol. The SMILES string of the molecule is CC(C)C[C@H](NC(=O)c1cc2ccccc2s1)C(=O)N[C@H]1CCN(Cc2ccc(I)c(OCCN3CCCC3)c2)C1.O=C(O)C(F)(F)F. The number of carboxylic acids is 1. The molecule has 2 aliphatic heterocycles. The van der Waals surface area contributed by atoms with Crippen molar-refractivity contribution in [3.63, 3.8) is 0 Å². The molecule has 0 spiro atoms. The van der Waals surface area contributed by atoms with Crippen LogP contribution in [0.15, 0.2) is 48.5 Å². The minimum Gasteiger partial charge on any atom is -0.491 e. The number of thiophene rings is 1. The van der Waals surface area contributed by atoms with Crippen molar-refractivity contribution in [3.05, 3.63) is 62.5 Å². The molecule has 2 fully saturated rings. The van der Waals surface area contributed by atoms with Gasteiger partial charge in [0.05, 0.1) is 8.45 Å². The number of nitrogens with one attached hydrogen (secondary N) is 2. The van der Waals surface area contributed by atoms with Gasteiger partial charge in [-0.15, -0.1) is 11.3 Å². The number of likely N-dealkylation sites (tertiary alicyclic amines) is 2. The summed E-state index contributed by atoms with van der Waals surface area (Å²) in [6.45, 7) is 10.8. The molecule has 1 aromatic heterocycles. The van der Waals surface area contributed by atoms with Crippen molar-refractivity contribution in [2.45, 2.75) is 64.3 Å². The molecule has 0 aliphatic carbocycles. The summed E-state index contributed by atoms with van der Waals surface area (Å²) in [5.74, 6) is -1.80. The summed E-state index contributed by atoms with van der Waals surface area (Å²) in [5, 5.41) is 14.4. The first-order valence-electron chi connectivity index (χ1n) is 16.0. The summed E-state index contributed by atoms with van der Waals surface area (Å²) in [7, 11) is 0. The van der Waals surface area contributed by atoms with E-state index in [1.807, 2.05) is 30.3 Å². The number of hydrogen-bond acceptors (Lipinski definition) is 7. The predicted molar refractivity (Wildman–Crippen MR) is 188 cm³/mol. The van der Waals surface area contributed by atoms with Crippen LogP contribution < -0.4 is 15.4 Å². The summed E-state index contributed by atoms with van der Waals surface area (Å²) in [4.78, 5) is 40.8. The van der Waals surface area contributed by atoms with Crippen molar-refractivity contribution in [2.75, 3.05) is 39.3 Å². The summed E-state index contributed by atoms with van der Waals surface area (Å²) in [5.41, 5.74) is 1.22. The highest BCUT2D eigenvalue weighted by atomic mass is 127. The molecule has 3 N–H and O–H groups in total. The lowest BCUT2D eigenvalue weighted by molar-refractivity contribution is -0.192. The maximum atomic E-state index is 13.4. The van der Waals surface area contributed by atoms with Crippen molar-refractivity contribution in [1.82, 2.24) is 20.4 Å². The van der Waals surface area contributed by atoms with Crippen LogP contribution in [0.2, 0.25) is 0 Å². The van der Waals surface area contributed by atoms with Gasteiger partial charge in [-0.05, 0) is 102 Å². The summed E-state index contributed by atoms with van der Waals surface area (Å²) < 4.78 is 40.1. The van der Waals surface area contributed by atoms with Crippen molar-refractivity contribution in [2.24, 2.45) is 5.92 Å². The van der Waals surface area contributed by atoms with Gasteiger partial charge in [-0.1, -0.05) is 38.1 Å². The molecule has 2 aromatic carbocycles. The molecule has 2 saturated heterocycles. The summed E-state index contributed by atoms with van der Waals surface area (Å²) >= 11 is 3.81. The maximum Gasteiger partial charge on any atom is 0.490 e. The smallest absolute Gasteiger partial charge is 0.490 e. The maximum absolute atomic E-state index is 13.4. The van der Waals surface area contributed by atoms with Gasteiger partial charge < -0.3 is 20.5 Å². The first kappa shape index (κ1) is 37.9. The topological polar surface area (TPSA) is 111 Å². The van der Waals surface area contributed by atoms with Crippen molar-refractivity contribution in [1.29, 1.82) is 0 Å². The molecule has 262 valence electrons. The Morgan fingerprint density at radius 2 is 1.77 bits per heavy atom. The number of rotatable bonds is 12. The molecule has 14 heteroatoms. The lowest BCUT2D eigenvalue weighted by Gasteiger charge is -2.23. The highest BCUT2D eigenvalue weighted by Gasteiger charge is 2.38. The van der Waals surface area contributed by atoms with Gasteiger partial charge in [-0.2, -0.15) is 13.2 Å². The fraction of sp³-hybridized carbons (Fsp3) is 0.500. The Labute approximate surface area is 296 Å². The van der Waals surface area contributed by atoms with Crippen LogP contribution in [0, 0.1) is 9.49 Å². The number of fused-ring (bicyclic) bond motifs is 1. The molecule has 3 heterocycles. The third-order valence-electron chi connectivity index (χ3n) is 8.11. The van der Waals surface area contributed by atoms with E-state index in [0.29, 0.717) is 17.9 Å². The number of alkyl halides is 3. The zero-order valence-electron chi connectivity index (χ0n) is 27.0. The predicted octanol–water partition coefficient (Wildman–Crippen LogP) is 6.15. The number of carboxylic acid groups (broad SMARTS) is 1. The number of carbonyl (C=O) groups is 3. The third-order valence-corrected chi connectivity index (χ3v) is 10.1. The number of carbonyl (C=O) groups excluding carboxylic acids is 2. The zero-order chi connectivity index (χ0) is 34.8. The highest BCUT2D eigenvalue weighted by molar-refractivity contribution is 14.1. The Hall–Kier alpha value is -2.95. The molecule has 3 aromatic rings. The van der Waals surface area contributed by atoms with Crippen LogP contribution in [0.1, 0.15) is 54.8 Å². The molecule has 0 radical (unpaired) electrons. The van der Waals surface area contributed by atoms with E-state index in [9.17, 15) is 22.8 Å². The van der Waals surface area contributed by atoms with Gasteiger partial charge in [0.1, 0.15) is 18.4 Å². The Morgan fingerprint density at radius 1 is 1.06 bits per heavy atom. The molecule has 0 bridgehead atoms. The Bertz CT molecular complexity index is 1510. The van der Waals surface area contributed by atoms with Gasteiger partial charge in [0, 0.05) is 36.9 Å². The molecule has 9 nitrogen and oxygen atoms in total. The third kappa shape index (κ3) is 11.6. The lowest BCUT2D eigenvalue weighted by atomic mass is 10.0. The lowest BCUT2D eigenvalue weighted by Crippen LogP contribution is -2.50. The number of nitrogens with zero attached hydrogens (tertiary/aromatic N) is 2. The number of halogens is 4. The Balaban J connectivity index is 0.000000671. The molecular formula is C34H42F3IN4O5S. The van der Waals surface area contributed by atoms with Gasteiger partial charge in [0.25, 0.3) is 5.91 Å². The molecule has 5 rings (SSSR count). The average molecular weight is 803 g/mol. The number of ether oxygens (including phenoxy) is 1. The van der Waals surface area contributed by atoms with E-state index in [1.54, 1.807) is 0 Å². The largest absolute Gasteiger partial charge is 0.491 e. The Kier molecular flexibility index (Phi) is 13.9. The standard InChI is InChI=1S/C32H41IN4O3S.C2HF3O2/c1-22(2)17-27(35-32(39)30-19-24-7-3-4-8-29(24)41-30)31(38)34-25-11-14-37(21-25)20-23-9-10-26(33)28(18-23)40-16-15-36-12-5-6-13-36;3-2(4,5)1(6)7/h3-4,7-10,18-19,22,25,27H,5-6,11-17,20-21H2,1-2H3,(H,34,38)(H,35,39);(H,6,7)/t25-,27-;/m0./s1. The van der Waals surface area contributed by atoms with Gasteiger partial charge >= 0.3 is 12.1 Å². The fourth-order valence-corrected chi connectivity index (χ4v) is 7.18. The van der Waals surface area contributed by atoms with Crippen LogP contribution in [0.25, 0.3) is 10.1 Å². The number of aliphatic carboxylic acids is 1. The second-order valence-corrected chi connectivity index (χ2v) is 14.7. The normalized spacial score (nSPS) is 17.6. The molecule has 2 atom stereocenters.